The fourth-order valence-corrected chi connectivity index (χ4v) is 4.05. The minimum Gasteiger partial charge on any atom is -0.353 e. The zero-order valence-corrected chi connectivity index (χ0v) is 13.9. The molecule has 2 aromatic rings. The van der Waals surface area contributed by atoms with Gasteiger partial charge in [-0.15, -0.1) is 0 Å². The van der Waals surface area contributed by atoms with Crippen LogP contribution in [0.1, 0.15) is 11.3 Å². The predicted molar refractivity (Wildman–Crippen MR) is 89.5 cm³/mol. The summed E-state index contributed by atoms with van der Waals surface area (Å²) in [5.41, 5.74) is 2.14. The first kappa shape index (κ1) is 15.4. The van der Waals surface area contributed by atoms with Crippen molar-refractivity contribution in [2.45, 2.75) is 13.1 Å². The number of carbonyl (C=O) groups is 1. The van der Waals surface area contributed by atoms with E-state index in [0.717, 1.165) is 31.7 Å². The molecule has 4 rings (SSSR count). The number of aryl methyl sites for hydroxylation is 1. The topological polar surface area (TPSA) is 28.5 Å². The number of rotatable bonds is 4. The second kappa shape index (κ2) is 6.06. The summed E-state index contributed by atoms with van der Waals surface area (Å²) in [7, 11) is 2.05. The molecule has 0 N–H and O–H groups in total. The molecule has 3 heterocycles. The molecule has 2 aliphatic heterocycles. The standard InChI is InChI=1S/C19H22FN3O/c1-21-7-3-6-17(21)12-22-10-15-11-23(19(24)18(15)13-22)9-14-4-2-5-16(20)8-14/h2-8,15,18H,9-13H2,1H3/t15-,18-/m1/s1. The van der Waals surface area contributed by atoms with Crippen LogP contribution >= 0.6 is 0 Å². The van der Waals surface area contributed by atoms with Gasteiger partial charge in [0.05, 0.1) is 5.92 Å². The summed E-state index contributed by atoms with van der Waals surface area (Å²) in [5, 5.41) is 0. The molecule has 0 aliphatic carbocycles. The maximum absolute atomic E-state index is 13.3. The predicted octanol–water partition coefficient (Wildman–Crippen LogP) is 2.25. The first-order valence-electron chi connectivity index (χ1n) is 8.46. The van der Waals surface area contributed by atoms with E-state index < -0.39 is 0 Å². The van der Waals surface area contributed by atoms with E-state index >= 15 is 0 Å². The lowest BCUT2D eigenvalue weighted by Gasteiger charge is -2.22. The van der Waals surface area contributed by atoms with Crippen molar-refractivity contribution in [3.05, 3.63) is 59.7 Å². The first-order valence-corrected chi connectivity index (χ1v) is 8.46. The summed E-state index contributed by atoms with van der Waals surface area (Å²) < 4.78 is 15.5. The molecule has 2 fully saturated rings. The molecular weight excluding hydrogens is 305 g/mol. The summed E-state index contributed by atoms with van der Waals surface area (Å²) in [5.74, 6) is 0.469. The third-order valence-electron chi connectivity index (χ3n) is 5.30. The monoisotopic (exact) mass is 327 g/mol. The van der Waals surface area contributed by atoms with Crippen LogP contribution in [0.15, 0.2) is 42.6 Å². The lowest BCUT2D eigenvalue weighted by Crippen LogP contribution is -2.32. The summed E-state index contributed by atoms with van der Waals surface area (Å²) in [6, 6.07) is 10.7. The van der Waals surface area contributed by atoms with Gasteiger partial charge in [-0.1, -0.05) is 12.1 Å². The normalized spacial score (nSPS) is 23.9. The number of nitrogens with zero attached hydrogens (tertiary/aromatic N) is 3. The van der Waals surface area contributed by atoms with Crippen LogP contribution in [0.2, 0.25) is 0 Å². The summed E-state index contributed by atoms with van der Waals surface area (Å²) >= 11 is 0. The maximum atomic E-state index is 13.3. The van der Waals surface area contributed by atoms with Crippen LogP contribution in [0.25, 0.3) is 0 Å². The van der Waals surface area contributed by atoms with E-state index in [1.165, 1.54) is 17.8 Å². The Balaban J connectivity index is 1.39. The van der Waals surface area contributed by atoms with Crippen molar-refractivity contribution in [2.24, 2.45) is 18.9 Å². The molecule has 5 heteroatoms. The molecule has 2 saturated heterocycles. The number of amides is 1. The van der Waals surface area contributed by atoms with Gasteiger partial charge in [0.2, 0.25) is 5.91 Å². The van der Waals surface area contributed by atoms with Gasteiger partial charge in [0.15, 0.2) is 0 Å². The van der Waals surface area contributed by atoms with Crippen LogP contribution in [0.4, 0.5) is 4.39 Å². The van der Waals surface area contributed by atoms with Crippen LogP contribution in [0.5, 0.6) is 0 Å². The van der Waals surface area contributed by atoms with Gasteiger partial charge in [-0.2, -0.15) is 0 Å². The highest BCUT2D eigenvalue weighted by molar-refractivity contribution is 5.82. The molecule has 126 valence electrons. The quantitative estimate of drug-likeness (QED) is 0.862. The minimum atomic E-state index is -0.243. The Hall–Kier alpha value is -2.14. The van der Waals surface area contributed by atoms with Crippen molar-refractivity contribution in [2.75, 3.05) is 19.6 Å². The molecule has 0 saturated carbocycles. The zero-order chi connectivity index (χ0) is 16.7. The summed E-state index contributed by atoms with van der Waals surface area (Å²) in [6.07, 6.45) is 2.05. The number of hydrogen-bond donors (Lipinski definition) is 0. The second-order valence-electron chi connectivity index (χ2n) is 7.02. The van der Waals surface area contributed by atoms with E-state index in [1.54, 1.807) is 6.07 Å². The molecule has 24 heavy (non-hydrogen) atoms. The minimum absolute atomic E-state index is 0.0961. The van der Waals surface area contributed by atoms with Gasteiger partial charge >= 0.3 is 0 Å². The van der Waals surface area contributed by atoms with Crippen molar-refractivity contribution in [3.8, 4) is 0 Å². The molecule has 0 spiro atoms. The number of halogens is 1. The Kier molecular flexibility index (Phi) is 3.88. The Morgan fingerprint density at radius 3 is 2.71 bits per heavy atom. The number of aromatic nitrogens is 1. The van der Waals surface area contributed by atoms with Crippen molar-refractivity contribution >= 4 is 5.91 Å². The van der Waals surface area contributed by atoms with E-state index in [2.05, 4.69) is 34.8 Å². The average Bonchev–Trinajstić information content (AvgIpc) is 3.19. The van der Waals surface area contributed by atoms with E-state index in [4.69, 9.17) is 0 Å². The molecule has 0 radical (unpaired) electrons. The van der Waals surface area contributed by atoms with E-state index in [-0.39, 0.29) is 17.6 Å². The fourth-order valence-electron chi connectivity index (χ4n) is 4.05. The smallest absolute Gasteiger partial charge is 0.227 e. The van der Waals surface area contributed by atoms with Crippen molar-refractivity contribution in [3.63, 3.8) is 0 Å². The van der Waals surface area contributed by atoms with E-state index in [9.17, 15) is 9.18 Å². The fraction of sp³-hybridized carbons (Fsp3) is 0.421. The maximum Gasteiger partial charge on any atom is 0.227 e. The van der Waals surface area contributed by atoms with Crippen LogP contribution in [-0.2, 0) is 24.9 Å². The molecule has 2 atom stereocenters. The average molecular weight is 327 g/mol. The Morgan fingerprint density at radius 2 is 2.00 bits per heavy atom. The van der Waals surface area contributed by atoms with Crippen LogP contribution in [0.3, 0.4) is 0 Å². The van der Waals surface area contributed by atoms with E-state index in [1.807, 2.05) is 11.0 Å². The van der Waals surface area contributed by atoms with Crippen molar-refractivity contribution < 1.29 is 9.18 Å². The number of hydrogen-bond acceptors (Lipinski definition) is 2. The van der Waals surface area contributed by atoms with Crippen LogP contribution < -0.4 is 0 Å². The highest BCUT2D eigenvalue weighted by Gasteiger charge is 2.45. The van der Waals surface area contributed by atoms with Gasteiger partial charge in [0, 0.05) is 57.6 Å². The molecule has 0 bridgehead atoms. The molecule has 0 unspecified atom stereocenters. The largest absolute Gasteiger partial charge is 0.353 e. The Labute approximate surface area is 141 Å². The van der Waals surface area contributed by atoms with Gasteiger partial charge in [-0.3, -0.25) is 9.69 Å². The van der Waals surface area contributed by atoms with Gasteiger partial charge in [0.1, 0.15) is 5.82 Å². The van der Waals surface area contributed by atoms with E-state index in [0.29, 0.717) is 12.5 Å². The first-order chi connectivity index (χ1) is 11.6. The number of benzene rings is 1. The molecule has 1 aromatic heterocycles. The second-order valence-corrected chi connectivity index (χ2v) is 7.02. The summed E-state index contributed by atoms with van der Waals surface area (Å²) in [4.78, 5) is 17.0. The Morgan fingerprint density at radius 1 is 1.12 bits per heavy atom. The van der Waals surface area contributed by atoms with Crippen molar-refractivity contribution in [1.29, 1.82) is 0 Å². The highest BCUT2D eigenvalue weighted by Crippen LogP contribution is 2.33. The van der Waals surface area contributed by atoms with Gasteiger partial charge < -0.3 is 9.47 Å². The number of carbonyl (C=O) groups excluding carboxylic acids is 1. The third kappa shape index (κ3) is 2.84. The third-order valence-corrected chi connectivity index (χ3v) is 5.30. The molecule has 1 amide bonds. The van der Waals surface area contributed by atoms with Gasteiger partial charge in [-0.25, -0.2) is 4.39 Å². The molecule has 4 nitrogen and oxygen atoms in total. The Bertz CT molecular complexity index is 757. The van der Waals surface area contributed by atoms with Crippen LogP contribution in [0, 0.1) is 17.7 Å². The molecular formula is C19H22FN3O. The van der Waals surface area contributed by atoms with Crippen LogP contribution in [-0.4, -0.2) is 39.9 Å². The lowest BCUT2D eigenvalue weighted by atomic mass is 10.0. The molecule has 2 aliphatic rings. The molecule has 1 aromatic carbocycles. The van der Waals surface area contributed by atoms with Gasteiger partial charge in [0.25, 0.3) is 0 Å². The SMILES string of the molecule is Cn1cccc1CN1C[C@@H]2CN(Cc3cccc(F)c3)C(=O)[C@@H]2C1. The lowest BCUT2D eigenvalue weighted by molar-refractivity contribution is -0.131. The van der Waals surface area contributed by atoms with Crippen molar-refractivity contribution in [1.82, 2.24) is 14.4 Å². The number of fused-ring (bicyclic) bond motifs is 1. The summed E-state index contributed by atoms with van der Waals surface area (Å²) in [6.45, 7) is 3.98. The zero-order valence-electron chi connectivity index (χ0n) is 13.9. The number of likely N-dealkylation sites (tertiary alicyclic amines) is 2. The van der Waals surface area contributed by atoms with Gasteiger partial charge in [-0.05, 0) is 29.8 Å². The highest BCUT2D eigenvalue weighted by atomic mass is 19.1.